The minimum atomic E-state index is -1.99. The molecule has 3 aliphatic heterocycles. The lowest BCUT2D eigenvalue weighted by atomic mass is 9.96. The second kappa shape index (κ2) is 59.3. The molecule has 0 aliphatic carbocycles. The molecule has 3 fully saturated rings. The number of hydrogen-bond acceptors (Lipinski definition) is 18. The van der Waals surface area contributed by atoms with Gasteiger partial charge in [0.2, 0.25) is 5.91 Å². The van der Waals surface area contributed by atoms with E-state index in [-0.39, 0.29) is 18.9 Å². The van der Waals surface area contributed by atoms with E-state index in [9.17, 15) is 61.0 Å². The van der Waals surface area contributed by atoms with Gasteiger partial charge >= 0.3 is 0 Å². The molecule has 0 bridgehead atoms. The molecule has 3 aliphatic rings. The number of ether oxygens (including phenoxy) is 6. The molecule has 566 valence electrons. The van der Waals surface area contributed by atoms with E-state index in [0.717, 1.165) is 122 Å². The number of allylic oxidation sites excluding steroid dienone is 21. The molecule has 0 aromatic carbocycles. The van der Waals surface area contributed by atoms with E-state index >= 15 is 0 Å². The van der Waals surface area contributed by atoms with Gasteiger partial charge in [-0.15, -0.1) is 0 Å². The third-order valence-electron chi connectivity index (χ3n) is 17.9. The summed E-state index contributed by atoms with van der Waals surface area (Å²) < 4.78 is 34.4. The molecular formula is C80H133NO18. The summed E-state index contributed by atoms with van der Waals surface area (Å²) in [6, 6.07) is -1.01. The van der Waals surface area contributed by atoms with Gasteiger partial charge in [-0.3, -0.25) is 4.79 Å². The van der Waals surface area contributed by atoms with E-state index < -0.39 is 124 Å². The predicted octanol–water partition coefficient (Wildman–Crippen LogP) is 11.7. The molecule has 1 amide bonds. The Hall–Kier alpha value is -4.07. The maximum Gasteiger partial charge on any atom is 0.220 e. The Morgan fingerprint density at radius 1 is 0.374 bits per heavy atom. The number of nitrogens with one attached hydrogen (secondary N) is 1. The van der Waals surface area contributed by atoms with Crippen molar-refractivity contribution in [1.29, 1.82) is 0 Å². The van der Waals surface area contributed by atoms with Gasteiger partial charge in [0, 0.05) is 6.42 Å². The van der Waals surface area contributed by atoms with Crippen LogP contribution in [0.3, 0.4) is 0 Å². The van der Waals surface area contributed by atoms with Crippen molar-refractivity contribution >= 4 is 5.91 Å². The average Bonchev–Trinajstić information content (AvgIpc) is 0.784. The highest BCUT2D eigenvalue weighted by Gasteiger charge is 2.53. The second-order valence-corrected chi connectivity index (χ2v) is 26.4. The molecule has 0 aromatic rings. The van der Waals surface area contributed by atoms with Crippen molar-refractivity contribution in [2.24, 2.45) is 0 Å². The zero-order valence-electron chi connectivity index (χ0n) is 60.2. The Morgan fingerprint density at radius 2 is 0.707 bits per heavy atom. The number of aliphatic hydroxyl groups is 11. The zero-order valence-corrected chi connectivity index (χ0v) is 60.2. The Kier molecular flexibility index (Phi) is 53.4. The lowest BCUT2D eigenvalue weighted by molar-refractivity contribution is -0.379. The third-order valence-corrected chi connectivity index (χ3v) is 17.9. The number of carbonyl (C=O) groups excluding carboxylic acids is 1. The number of amides is 1. The van der Waals surface area contributed by atoms with Crippen LogP contribution in [-0.4, -0.2) is 193 Å². The Balaban J connectivity index is 1.40. The molecule has 17 atom stereocenters. The smallest absolute Gasteiger partial charge is 0.220 e. The molecule has 0 radical (unpaired) electrons. The monoisotopic (exact) mass is 1400 g/mol. The van der Waals surface area contributed by atoms with Crippen LogP contribution in [0.4, 0.5) is 0 Å². The van der Waals surface area contributed by atoms with Gasteiger partial charge in [-0.2, -0.15) is 0 Å². The topological polar surface area (TPSA) is 307 Å². The van der Waals surface area contributed by atoms with E-state index in [1.54, 1.807) is 6.08 Å². The Labute approximate surface area is 594 Å². The first-order valence-electron chi connectivity index (χ1n) is 37.9. The molecule has 3 rings (SSSR count). The Morgan fingerprint density at radius 3 is 1.13 bits per heavy atom. The van der Waals surface area contributed by atoms with Crippen LogP contribution in [-0.2, 0) is 33.2 Å². The van der Waals surface area contributed by atoms with Crippen LogP contribution in [0.1, 0.15) is 232 Å². The summed E-state index contributed by atoms with van der Waals surface area (Å²) in [5.74, 6) is -0.302. The van der Waals surface area contributed by atoms with Crippen molar-refractivity contribution in [3.8, 4) is 0 Å². The van der Waals surface area contributed by atoms with E-state index in [1.807, 2.05) is 6.08 Å². The van der Waals surface area contributed by atoms with Gasteiger partial charge in [0.15, 0.2) is 18.9 Å². The van der Waals surface area contributed by atoms with Crippen molar-refractivity contribution in [3.63, 3.8) is 0 Å². The fourth-order valence-electron chi connectivity index (χ4n) is 11.8. The molecule has 19 heteroatoms. The SMILES string of the molecule is CC/C=C\C/C=C\C/C=C\C/C=C\C/C=C\C/C=C\C/C=C\C/C=C\C/C=C\CCCCCCCCCC(=O)NC(COC1OC(CO)C(OC2OC(CO)C(OC3OC(CO)C(O)C(O)C3O)C(O)C2O)C(O)C1O)C(O)/C=C/CC/C=C/CCCCCCCCCCCCCCC. The molecule has 0 aromatic heterocycles. The summed E-state index contributed by atoms with van der Waals surface area (Å²) in [6.07, 6.45) is 57.1. The molecule has 19 nitrogen and oxygen atoms in total. The lowest BCUT2D eigenvalue weighted by Gasteiger charge is -2.48. The van der Waals surface area contributed by atoms with Crippen molar-refractivity contribution in [1.82, 2.24) is 5.32 Å². The molecule has 0 spiro atoms. The number of hydrogen-bond donors (Lipinski definition) is 12. The fourth-order valence-corrected chi connectivity index (χ4v) is 11.8. The van der Waals surface area contributed by atoms with Crippen molar-refractivity contribution in [2.75, 3.05) is 26.4 Å². The van der Waals surface area contributed by atoms with E-state index in [2.05, 4.69) is 141 Å². The van der Waals surface area contributed by atoms with Crippen molar-refractivity contribution in [3.05, 3.63) is 134 Å². The quantitative estimate of drug-likeness (QED) is 0.0199. The van der Waals surface area contributed by atoms with Gasteiger partial charge in [0.1, 0.15) is 73.2 Å². The molecular weight excluding hydrogens is 1260 g/mol. The van der Waals surface area contributed by atoms with Crippen LogP contribution in [0.5, 0.6) is 0 Å². The highest BCUT2D eigenvalue weighted by Crippen LogP contribution is 2.33. The van der Waals surface area contributed by atoms with Gasteiger partial charge in [0.05, 0.1) is 38.6 Å². The molecule has 3 saturated heterocycles. The first-order valence-corrected chi connectivity index (χ1v) is 37.9. The minimum Gasteiger partial charge on any atom is -0.394 e. The van der Waals surface area contributed by atoms with Gasteiger partial charge in [-0.1, -0.05) is 257 Å². The maximum absolute atomic E-state index is 13.4. The van der Waals surface area contributed by atoms with E-state index in [4.69, 9.17) is 28.4 Å². The van der Waals surface area contributed by atoms with Gasteiger partial charge < -0.3 is 89.9 Å². The Bertz CT molecular complexity index is 2310. The predicted molar refractivity (Wildman–Crippen MR) is 392 cm³/mol. The van der Waals surface area contributed by atoms with Gasteiger partial charge in [-0.05, 0) is 103 Å². The summed E-state index contributed by atoms with van der Waals surface area (Å²) in [4.78, 5) is 13.4. The standard InChI is InChI=1S/C80H133NO18/c1-3-5-7-9-11-13-15-17-19-21-23-24-25-26-27-28-29-30-31-32-33-34-35-36-37-38-40-42-44-46-48-50-52-54-56-58-68(86)81-63(64(85)57-55-53-51-49-47-45-43-41-39-22-20-18-16-14-12-10-8-6-4-2)62-94-78-74(92)71(89)76(66(60-83)96-78)99-80-75(93)72(90)77(67(61-84)97-80)98-79-73(91)70(88)69(87)65(59-82)95-79/h5,7,11,13,17,19,23-24,26-27,29-30,32-33,35-36,38,40,47,49,55,57,63-67,69-80,82-85,87-93H,3-4,6,8-10,12,14-16,18,20-22,25,28,31,34,37,39,41-46,48,50-54,56,58-62H2,1-2H3,(H,81,86)/b7-5-,13-11-,19-17-,24-23-,27-26-,30-29-,33-32-,36-35-,40-38-,49-47+,57-55+. The van der Waals surface area contributed by atoms with Crippen LogP contribution in [0.15, 0.2) is 134 Å². The van der Waals surface area contributed by atoms with Crippen molar-refractivity contribution < 1.29 is 89.4 Å². The van der Waals surface area contributed by atoms with E-state index in [1.165, 1.54) is 77.0 Å². The van der Waals surface area contributed by atoms with E-state index in [0.29, 0.717) is 12.8 Å². The highest BCUT2D eigenvalue weighted by atomic mass is 16.8. The first-order chi connectivity index (χ1) is 48.3. The number of rotatable bonds is 57. The highest BCUT2D eigenvalue weighted by molar-refractivity contribution is 5.76. The minimum absolute atomic E-state index is 0.214. The van der Waals surface area contributed by atoms with Crippen LogP contribution in [0.2, 0.25) is 0 Å². The van der Waals surface area contributed by atoms with Gasteiger partial charge in [0.25, 0.3) is 0 Å². The molecule has 17 unspecified atom stereocenters. The number of carbonyl (C=O) groups is 1. The molecule has 99 heavy (non-hydrogen) atoms. The van der Waals surface area contributed by atoms with Crippen LogP contribution in [0, 0.1) is 0 Å². The van der Waals surface area contributed by atoms with Crippen molar-refractivity contribution in [2.45, 2.75) is 336 Å². The molecule has 0 saturated carbocycles. The normalized spacial score (nSPS) is 27.4. The fraction of sp³-hybridized carbons (Fsp3) is 0.713. The lowest BCUT2D eigenvalue weighted by Crippen LogP contribution is -2.66. The zero-order chi connectivity index (χ0) is 71.8. The first kappa shape index (κ1) is 89.1. The summed E-state index contributed by atoms with van der Waals surface area (Å²) in [5, 5.41) is 121. The summed E-state index contributed by atoms with van der Waals surface area (Å²) in [7, 11) is 0. The average molecular weight is 1400 g/mol. The molecule has 3 heterocycles. The maximum atomic E-state index is 13.4. The largest absolute Gasteiger partial charge is 0.394 e. The summed E-state index contributed by atoms with van der Waals surface area (Å²) >= 11 is 0. The van der Waals surface area contributed by atoms with Crippen LogP contribution >= 0.6 is 0 Å². The number of aliphatic hydroxyl groups excluding tert-OH is 11. The summed E-state index contributed by atoms with van der Waals surface area (Å²) in [6.45, 7) is 1.58. The molecule has 12 N–H and O–H groups in total. The van der Waals surface area contributed by atoms with Crippen LogP contribution in [0.25, 0.3) is 0 Å². The second-order valence-electron chi connectivity index (χ2n) is 26.4. The number of unbranched alkanes of at least 4 members (excludes halogenated alkanes) is 21. The van der Waals surface area contributed by atoms with Gasteiger partial charge in [-0.25, -0.2) is 0 Å². The third kappa shape index (κ3) is 40.0. The van der Waals surface area contributed by atoms with Crippen LogP contribution < -0.4 is 5.32 Å². The summed E-state index contributed by atoms with van der Waals surface area (Å²) in [5.41, 5.74) is 0.